The SMILES string of the molecule is O=S1(=O)CCC(Nc2cc(C(F)(F)F)nc(Cl)n2)C1. The highest BCUT2D eigenvalue weighted by atomic mass is 35.5. The monoisotopic (exact) mass is 315 g/mol. The average molecular weight is 316 g/mol. The summed E-state index contributed by atoms with van der Waals surface area (Å²) >= 11 is 5.42. The van der Waals surface area contributed by atoms with Gasteiger partial charge in [0.1, 0.15) is 5.82 Å². The highest BCUT2D eigenvalue weighted by Crippen LogP contribution is 2.30. The van der Waals surface area contributed by atoms with E-state index in [0.717, 1.165) is 0 Å². The van der Waals surface area contributed by atoms with Crippen molar-refractivity contribution in [2.24, 2.45) is 0 Å². The summed E-state index contributed by atoms with van der Waals surface area (Å²) in [4.78, 5) is 6.69. The predicted octanol–water partition coefficient (Wildman–Crippen LogP) is 1.75. The lowest BCUT2D eigenvalue weighted by Crippen LogP contribution is -2.22. The van der Waals surface area contributed by atoms with E-state index in [9.17, 15) is 21.6 Å². The smallest absolute Gasteiger partial charge is 0.366 e. The highest BCUT2D eigenvalue weighted by molar-refractivity contribution is 7.91. The van der Waals surface area contributed by atoms with Crippen LogP contribution in [0.25, 0.3) is 0 Å². The highest BCUT2D eigenvalue weighted by Gasteiger charge is 2.34. The van der Waals surface area contributed by atoms with E-state index in [1.807, 2.05) is 0 Å². The summed E-state index contributed by atoms with van der Waals surface area (Å²) in [7, 11) is -3.13. The third kappa shape index (κ3) is 3.69. The minimum atomic E-state index is -4.63. The van der Waals surface area contributed by atoms with Gasteiger partial charge in [0, 0.05) is 12.1 Å². The molecule has 1 aromatic heterocycles. The molecular weight excluding hydrogens is 307 g/mol. The van der Waals surface area contributed by atoms with Gasteiger partial charge in [-0.05, 0) is 18.0 Å². The first-order valence-corrected chi connectivity index (χ1v) is 7.44. The van der Waals surface area contributed by atoms with Crippen LogP contribution in [0.3, 0.4) is 0 Å². The molecule has 0 aliphatic carbocycles. The van der Waals surface area contributed by atoms with Gasteiger partial charge in [-0.25, -0.2) is 18.4 Å². The van der Waals surface area contributed by atoms with Gasteiger partial charge in [0.2, 0.25) is 5.28 Å². The Hall–Kier alpha value is -1.09. The van der Waals surface area contributed by atoms with Gasteiger partial charge in [-0.1, -0.05) is 0 Å². The van der Waals surface area contributed by atoms with Crippen molar-refractivity contribution in [3.8, 4) is 0 Å². The molecule has 5 nitrogen and oxygen atoms in total. The zero-order valence-corrected chi connectivity index (χ0v) is 11.0. The largest absolute Gasteiger partial charge is 0.433 e. The maximum absolute atomic E-state index is 12.5. The molecule has 0 radical (unpaired) electrons. The Kier molecular flexibility index (Phi) is 3.61. The number of hydrogen-bond acceptors (Lipinski definition) is 5. The lowest BCUT2D eigenvalue weighted by Gasteiger charge is -2.13. The summed E-state index contributed by atoms with van der Waals surface area (Å²) < 4.78 is 60.0. The average Bonchev–Trinajstić information content (AvgIpc) is 2.55. The summed E-state index contributed by atoms with van der Waals surface area (Å²) in [5, 5.41) is 2.09. The topological polar surface area (TPSA) is 72.0 Å². The summed E-state index contributed by atoms with van der Waals surface area (Å²) in [5.41, 5.74) is -1.17. The van der Waals surface area contributed by atoms with Gasteiger partial charge in [-0.15, -0.1) is 0 Å². The first-order valence-electron chi connectivity index (χ1n) is 5.24. The van der Waals surface area contributed by atoms with Crippen molar-refractivity contribution in [1.82, 2.24) is 9.97 Å². The van der Waals surface area contributed by atoms with E-state index in [4.69, 9.17) is 11.6 Å². The number of nitrogens with zero attached hydrogens (tertiary/aromatic N) is 2. The zero-order valence-electron chi connectivity index (χ0n) is 9.41. The number of aromatic nitrogens is 2. The molecule has 1 aliphatic rings. The van der Waals surface area contributed by atoms with Crippen molar-refractivity contribution in [2.45, 2.75) is 18.6 Å². The van der Waals surface area contributed by atoms with E-state index in [1.54, 1.807) is 0 Å². The molecular formula is C9H9ClF3N3O2S. The van der Waals surface area contributed by atoms with Gasteiger partial charge in [-0.2, -0.15) is 13.2 Å². The quantitative estimate of drug-likeness (QED) is 0.842. The van der Waals surface area contributed by atoms with Crippen molar-refractivity contribution in [2.75, 3.05) is 16.8 Å². The van der Waals surface area contributed by atoms with Crippen LogP contribution >= 0.6 is 11.6 Å². The lowest BCUT2D eigenvalue weighted by molar-refractivity contribution is -0.141. The van der Waals surface area contributed by atoms with Crippen LogP contribution < -0.4 is 5.32 Å². The second-order valence-electron chi connectivity index (χ2n) is 4.15. The molecule has 1 aromatic rings. The minimum absolute atomic E-state index is 0.00953. The second kappa shape index (κ2) is 4.78. The van der Waals surface area contributed by atoms with Gasteiger partial charge < -0.3 is 5.32 Å². The van der Waals surface area contributed by atoms with E-state index in [1.165, 1.54) is 0 Å². The first-order chi connectivity index (χ1) is 8.66. The van der Waals surface area contributed by atoms with Crippen LogP contribution in [0.15, 0.2) is 6.07 Å². The van der Waals surface area contributed by atoms with E-state index in [0.29, 0.717) is 12.5 Å². The maximum atomic E-state index is 12.5. The number of rotatable bonds is 2. The molecule has 1 atom stereocenters. The standard InChI is InChI=1S/C9H9ClF3N3O2S/c10-8-15-6(9(11,12)13)3-7(16-8)14-5-1-2-19(17,18)4-5/h3,5H,1-2,4H2,(H,14,15,16). The zero-order chi connectivity index (χ0) is 14.3. The van der Waals surface area contributed by atoms with Crippen molar-refractivity contribution in [1.29, 1.82) is 0 Å². The Morgan fingerprint density at radius 2 is 2.05 bits per heavy atom. The first kappa shape index (κ1) is 14.3. The Morgan fingerprint density at radius 3 is 2.58 bits per heavy atom. The third-order valence-electron chi connectivity index (χ3n) is 2.57. The molecule has 19 heavy (non-hydrogen) atoms. The molecule has 0 bridgehead atoms. The van der Waals surface area contributed by atoms with Crippen molar-refractivity contribution < 1.29 is 21.6 Å². The van der Waals surface area contributed by atoms with Crippen molar-refractivity contribution >= 4 is 27.3 Å². The molecule has 2 heterocycles. The molecule has 0 saturated carbocycles. The van der Waals surface area contributed by atoms with Crippen LogP contribution in [-0.2, 0) is 16.0 Å². The van der Waals surface area contributed by atoms with Crippen LogP contribution in [0.5, 0.6) is 0 Å². The number of anilines is 1. The molecule has 1 aliphatic heterocycles. The fourth-order valence-electron chi connectivity index (χ4n) is 1.75. The molecule has 2 rings (SSSR count). The van der Waals surface area contributed by atoms with Crippen LogP contribution in [0.2, 0.25) is 5.28 Å². The lowest BCUT2D eigenvalue weighted by atomic mass is 10.2. The Bertz CT molecular complexity index is 591. The van der Waals surface area contributed by atoms with E-state index in [2.05, 4.69) is 15.3 Å². The van der Waals surface area contributed by atoms with E-state index in [-0.39, 0.29) is 17.3 Å². The van der Waals surface area contributed by atoms with Crippen LogP contribution in [-0.4, -0.2) is 35.9 Å². The van der Waals surface area contributed by atoms with Gasteiger partial charge >= 0.3 is 6.18 Å². The van der Waals surface area contributed by atoms with Gasteiger partial charge in [0.25, 0.3) is 0 Å². The molecule has 1 unspecified atom stereocenters. The molecule has 1 saturated heterocycles. The van der Waals surface area contributed by atoms with Crippen molar-refractivity contribution in [3.63, 3.8) is 0 Å². The second-order valence-corrected chi connectivity index (χ2v) is 6.72. The Balaban J connectivity index is 2.20. The summed E-state index contributed by atoms with van der Waals surface area (Å²) in [6.45, 7) is 0. The molecule has 1 N–H and O–H groups in total. The summed E-state index contributed by atoms with van der Waals surface area (Å²) in [5.74, 6) is -0.250. The fraction of sp³-hybridized carbons (Fsp3) is 0.556. The fourth-order valence-corrected chi connectivity index (χ4v) is 3.61. The molecule has 0 amide bonds. The summed E-state index contributed by atoms with van der Waals surface area (Å²) in [6, 6.07) is 0.244. The summed E-state index contributed by atoms with van der Waals surface area (Å²) in [6.07, 6.45) is -4.31. The van der Waals surface area contributed by atoms with E-state index >= 15 is 0 Å². The van der Waals surface area contributed by atoms with E-state index < -0.39 is 33.0 Å². The molecule has 1 fully saturated rings. The number of sulfone groups is 1. The minimum Gasteiger partial charge on any atom is -0.366 e. The Morgan fingerprint density at radius 1 is 1.37 bits per heavy atom. The van der Waals surface area contributed by atoms with Crippen LogP contribution in [0.4, 0.5) is 19.0 Å². The molecule has 10 heteroatoms. The molecule has 0 spiro atoms. The number of alkyl halides is 3. The van der Waals surface area contributed by atoms with Crippen molar-refractivity contribution in [3.05, 3.63) is 17.0 Å². The molecule has 106 valence electrons. The van der Waals surface area contributed by atoms with Gasteiger partial charge in [0.15, 0.2) is 15.5 Å². The predicted molar refractivity (Wildman–Crippen MR) is 62.7 cm³/mol. The van der Waals surface area contributed by atoms with Crippen LogP contribution in [0.1, 0.15) is 12.1 Å². The van der Waals surface area contributed by atoms with Crippen LogP contribution in [0, 0.1) is 0 Å². The van der Waals surface area contributed by atoms with Gasteiger partial charge in [-0.3, -0.25) is 0 Å². The third-order valence-corrected chi connectivity index (χ3v) is 4.51. The number of halogens is 4. The number of nitrogens with one attached hydrogen (secondary N) is 1. The number of hydrogen-bond donors (Lipinski definition) is 1. The normalized spacial score (nSPS) is 22.4. The maximum Gasteiger partial charge on any atom is 0.433 e. The molecule has 0 aromatic carbocycles. The van der Waals surface area contributed by atoms with Gasteiger partial charge in [0.05, 0.1) is 11.5 Å². The Labute approximate surface area is 112 Å².